The van der Waals surface area contributed by atoms with Crippen LogP contribution < -0.4 is 0 Å². The molecule has 0 nitrogen and oxygen atoms in total. The summed E-state index contributed by atoms with van der Waals surface area (Å²) in [6, 6.07) is 24.0. The molecule has 2 aliphatic rings. The van der Waals surface area contributed by atoms with Gasteiger partial charge in [0, 0.05) is 0 Å². The van der Waals surface area contributed by atoms with Gasteiger partial charge in [-0.1, -0.05) is 0 Å². The average Bonchev–Trinajstić information content (AvgIpc) is 3.44. The van der Waals surface area contributed by atoms with Gasteiger partial charge in [-0.15, -0.1) is 0 Å². The average molecular weight is 645 g/mol. The number of rotatable bonds is 5. The maximum absolute atomic E-state index is 2.67. The molecular weight excluding hydrogens is 600 g/mol. The van der Waals surface area contributed by atoms with Crippen molar-refractivity contribution in [1.29, 1.82) is 0 Å². The van der Waals surface area contributed by atoms with Gasteiger partial charge in [0.25, 0.3) is 0 Å². The molecule has 4 aromatic rings. The van der Waals surface area contributed by atoms with Crippen LogP contribution in [0, 0.1) is 41.5 Å². The number of hydrogen-bond donors (Lipinski definition) is 0. The second kappa shape index (κ2) is 11.2. The molecule has 0 bridgehead atoms. The number of fused-ring (bicyclic) bond motifs is 2. The van der Waals surface area contributed by atoms with E-state index in [0.29, 0.717) is 7.25 Å². The van der Waals surface area contributed by atoms with E-state index in [1.165, 1.54) is 66.8 Å². The molecular formula is C40H45SiZr. The molecule has 0 saturated carbocycles. The number of allylic oxidation sites excluding steroid dienone is 2. The Kier molecular flexibility index (Phi) is 7.86. The number of aryl methyl sites for hydroxylation is 6. The van der Waals surface area contributed by atoms with E-state index in [1.807, 2.05) is 0 Å². The van der Waals surface area contributed by atoms with E-state index >= 15 is 0 Å². The van der Waals surface area contributed by atoms with E-state index in [0.717, 1.165) is 0 Å². The Bertz CT molecular complexity index is 1670. The molecule has 0 aliphatic heterocycles. The van der Waals surface area contributed by atoms with Crippen molar-refractivity contribution < 1.29 is 20.9 Å². The van der Waals surface area contributed by atoms with E-state index in [-0.39, 0.29) is 0 Å². The Morgan fingerprint density at radius 3 is 1.24 bits per heavy atom. The van der Waals surface area contributed by atoms with Crippen LogP contribution in [0.25, 0.3) is 34.4 Å². The SMILES string of the molecule is CC1=Cc2c(-c3cc(C)c(C)cc3C)cccc2[CH]1[Zr]([CH]1C(C)=Cc2c(-c3cc(C)c(C)cc3C)cccc21)[SiH](C)C. The van der Waals surface area contributed by atoms with Crippen LogP contribution in [0.2, 0.25) is 13.1 Å². The molecule has 0 heterocycles. The summed E-state index contributed by atoms with van der Waals surface area (Å²) in [5, 5.41) is 0. The van der Waals surface area contributed by atoms with Crippen molar-refractivity contribution in [2.24, 2.45) is 0 Å². The summed E-state index contributed by atoms with van der Waals surface area (Å²) in [7, 11) is 0. The van der Waals surface area contributed by atoms with Gasteiger partial charge < -0.3 is 0 Å². The van der Waals surface area contributed by atoms with Crippen LogP contribution in [0.5, 0.6) is 0 Å². The molecule has 0 radical (unpaired) electrons. The van der Waals surface area contributed by atoms with Crippen molar-refractivity contribution in [1.82, 2.24) is 0 Å². The summed E-state index contributed by atoms with van der Waals surface area (Å²) >= 11 is -2.08. The molecule has 2 unspecified atom stereocenters. The van der Waals surface area contributed by atoms with Gasteiger partial charge in [-0.2, -0.15) is 0 Å². The Balaban J connectivity index is 1.47. The molecule has 0 spiro atoms. The van der Waals surface area contributed by atoms with E-state index in [4.69, 9.17) is 0 Å². The number of hydrogen-bond acceptors (Lipinski definition) is 0. The Labute approximate surface area is 262 Å². The second-order valence-corrected chi connectivity index (χ2v) is 33.5. The molecule has 6 rings (SSSR count). The van der Waals surface area contributed by atoms with Crippen molar-refractivity contribution >= 4 is 18.1 Å². The van der Waals surface area contributed by atoms with Crippen LogP contribution in [0.3, 0.4) is 0 Å². The molecule has 0 saturated heterocycles. The third-order valence-corrected chi connectivity index (χ3v) is 32.3. The Morgan fingerprint density at radius 2 is 0.857 bits per heavy atom. The first-order chi connectivity index (χ1) is 20.0. The normalized spacial score (nSPS) is 17.3. The summed E-state index contributed by atoms with van der Waals surface area (Å²) in [6.07, 6.45) is 5.15. The zero-order valence-corrected chi connectivity index (χ0v) is 30.8. The van der Waals surface area contributed by atoms with Crippen LogP contribution in [0.15, 0.2) is 71.8 Å². The van der Waals surface area contributed by atoms with Gasteiger partial charge in [-0.05, 0) is 0 Å². The second-order valence-electron chi connectivity index (χ2n) is 13.4. The van der Waals surface area contributed by atoms with Gasteiger partial charge in [0.1, 0.15) is 0 Å². The third kappa shape index (κ3) is 4.84. The molecule has 42 heavy (non-hydrogen) atoms. The molecule has 213 valence electrons. The molecule has 2 aliphatic carbocycles. The van der Waals surface area contributed by atoms with Crippen LogP contribution in [-0.4, -0.2) is 5.92 Å². The molecule has 4 aromatic carbocycles. The van der Waals surface area contributed by atoms with Gasteiger partial charge in [-0.25, -0.2) is 0 Å². The molecule has 0 amide bonds. The first-order valence-electron chi connectivity index (χ1n) is 15.6. The summed E-state index contributed by atoms with van der Waals surface area (Å²) in [4.78, 5) is 0. The van der Waals surface area contributed by atoms with Gasteiger partial charge in [0.05, 0.1) is 0 Å². The summed E-state index contributed by atoms with van der Waals surface area (Å²) in [6.45, 7) is 23.8. The first-order valence-corrected chi connectivity index (χ1v) is 25.6. The van der Waals surface area contributed by atoms with E-state index in [1.54, 1.807) is 22.3 Å². The minimum absolute atomic E-state index is 0.659. The first kappa shape index (κ1) is 29.5. The van der Waals surface area contributed by atoms with E-state index < -0.39 is 26.8 Å². The predicted octanol–water partition coefficient (Wildman–Crippen LogP) is 11.1. The quantitative estimate of drug-likeness (QED) is 0.190. The molecule has 2 atom stereocenters. The zero-order valence-electron chi connectivity index (χ0n) is 27.2. The predicted molar refractivity (Wildman–Crippen MR) is 184 cm³/mol. The maximum atomic E-state index is 2.67. The van der Waals surface area contributed by atoms with Crippen molar-refractivity contribution in [3.05, 3.63) is 127 Å². The Morgan fingerprint density at radius 1 is 0.476 bits per heavy atom. The van der Waals surface area contributed by atoms with E-state index in [2.05, 4.69) is 141 Å². The molecule has 0 aromatic heterocycles. The van der Waals surface area contributed by atoms with E-state index in [9.17, 15) is 0 Å². The fourth-order valence-corrected chi connectivity index (χ4v) is 31.0. The van der Waals surface area contributed by atoms with Crippen molar-refractivity contribution in [3.63, 3.8) is 0 Å². The third-order valence-electron chi connectivity index (χ3n) is 10.2. The Hall–Kier alpha value is -2.54. The summed E-state index contributed by atoms with van der Waals surface area (Å²) in [5.74, 6) is -0.900. The topological polar surface area (TPSA) is 0 Å². The van der Waals surface area contributed by atoms with Gasteiger partial charge in [0.2, 0.25) is 0 Å². The van der Waals surface area contributed by atoms with Gasteiger partial charge in [0.15, 0.2) is 0 Å². The van der Waals surface area contributed by atoms with Gasteiger partial charge >= 0.3 is 264 Å². The molecule has 0 N–H and O–H groups in total. The van der Waals surface area contributed by atoms with Crippen molar-refractivity contribution in [3.8, 4) is 22.3 Å². The summed E-state index contributed by atoms with van der Waals surface area (Å²) < 4.78 is 1.32. The molecule has 2 heteroatoms. The van der Waals surface area contributed by atoms with Crippen LogP contribution in [-0.2, 0) is 20.9 Å². The monoisotopic (exact) mass is 643 g/mol. The van der Waals surface area contributed by atoms with Crippen LogP contribution in [0.4, 0.5) is 0 Å². The van der Waals surface area contributed by atoms with Crippen LogP contribution in [0.1, 0.15) is 76.7 Å². The fourth-order valence-electron chi connectivity index (χ4n) is 7.79. The zero-order chi connectivity index (χ0) is 30.0. The van der Waals surface area contributed by atoms with Gasteiger partial charge in [-0.3, -0.25) is 0 Å². The fraction of sp³-hybridized carbons (Fsp3) is 0.300. The number of benzene rings is 4. The standard InChI is InChI=1S/2C19H19.C2H7Si.Zr/c2*1-12-8-16-6-5-7-17(19(16)9-12)18-11-14(3)13(2)10-15(18)4;1-3-2;/h2*5-11H,1-4H3;3H,1-2H3;. The van der Waals surface area contributed by atoms with Crippen LogP contribution >= 0.6 is 0 Å². The van der Waals surface area contributed by atoms with Crippen molar-refractivity contribution in [2.45, 2.75) is 75.7 Å². The molecule has 0 fully saturated rings. The summed E-state index contributed by atoms with van der Waals surface area (Å²) in [5.41, 5.74) is 23.5. The van der Waals surface area contributed by atoms with Crippen molar-refractivity contribution in [2.75, 3.05) is 0 Å². The minimum atomic E-state index is -2.08.